The average molecular weight is 700 g/mol. The molecule has 0 saturated heterocycles. The van der Waals surface area contributed by atoms with Crippen LogP contribution in [0.1, 0.15) is 5.56 Å². The molecule has 8 aromatic carbocycles. The van der Waals surface area contributed by atoms with Crippen molar-refractivity contribution in [1.29, 1.82) is 5.26 Å². The number of fused-ring (bicyclic) bond motifs is 9. The molecule has 0 aliphatic heterocycles. The van der Waals surface area contributed by atoms with Crippen molar-refractivity contribution in [3.05, 3.63) is 193 Å². The van der Waals surface area contributed by atoms with Gasteiger partial charge in [-0.05, 0) is 66.2 Å². The third kappa shape index (κ3) is 4.39. The molecule has 0 bridgehead atoms. The summed E-state index contributed by atoms with van der Waals surface area (Å²) in [6.45, 7) is 7.76. The van der Waals surface area contributed by atoms with Crippen LogP contribution >= 0.6 is 0 Å². The van der Waals surface area contributed by atoms with Gasteiger partial charge in [-0.15, -0.1) is 0 Å². The Morgan fingerprint density at radius 1 is 0.418 bits per heavy atom. The lowest BCUT2D eigenvalue weighted by Gasteiger charge is -2.17. The molecule has 0 amide bonds. The lowest BCUT2D eigenvalue weighted by Crippen LogP contribution is -2.01. The second-order valence-electron chi connectivity index (χ2n) is 13.9. The molecule has 0 fully saturated rings. The largest absolute Gasteiger partial charge is 0.310 e. The van der Waals surface area contributed by atoms with Gasteiger partial charge < -0.3 is 13.7 Å². The van der Waals surface area contributed by atoms with Crippen LogP contribution in [0.15, 0.2) is 176 Å². The molecule has 0 saturated carbocycles. The van der Waals surface area contributed by atoms with Crippen molar-refractivity contribution in [2.24, 2.45) is 0 Å². The number of nitrogens with zero attached hydrogens (tertiary/aromatic N) is 5. The van der Waals surface area contributed by atoms with E-state index in [1.54, 1.807) is 0 Å². The molecular formula is C50H29N5. The molecule has 0 unspecified atom stereocenters. The summed E-state index contributed by atoms with van der Waals surface area (Å²) in [6, 6.07) is 63.6. The Kier molecular flexibility index (Phi) is 6.61. The number of benzene rings is 8. The number of rotatable bonds is 4. The Morgan fingerprint density at radius 3 is 1.58 bits per heavy atom. The van der Waals surface area contributed by atoms with E-state index in [1.807, 2.05) is 18.2 Å². The standard InChI is InChI=1S/C50H29N5/c1-52-34-27-28-39-38-16-5-10-21-44(38)54(49(39)30-34)41-18-7-2-13-35(41)32-25-26-33(31-51)48(29-32)55-45-22-11-6-17-40(45)50-46(23-12-24-47(50)55)53-42-19-8-3-14-36(42)37-15-4-9-20-43(37)53/h2-30H. The molecule has 0 aliphatic carbocycles. The fourth-order valence-electron chi connectivity index (χ4n) is 8.81. The first kappa shape index (κ1) is 30.7. The van der Waals surface area contributed by atoms with Crippen LogP contribution in [0.3, 0.4) is 0 Å². The second-order valence-corrected chi connectivity index (χ2v) is 13.9. The number of nitriles is 1. The van der Waals surface area contributed by atoms with Crippen molar-refractivity contribution < 1.29 is 0 Å². The Labute approximate surface area is 316 Å². The Hall–Kier alpha value is -7.86. The van der Waals surface area contributed by atoms with E-state index < -0.39 is 0 Å². The van der Waals surface area contributed by atoms with Crippen molar-refractivity contribution in [3.8, 4) is 34.3 Å². The lowest BCUT2D eigenvalue weighted by atomic mass is 10.00. The van der Waals surface area contributed by atoms with E-state index in [9.17, 15) is 5.26 Å². The van der Waals surface area contributed by atoms with E-state index in [0.717, 1.165) is 82.8 Å². The predicted molar refractivity (Wildman–Crippen MR) is 226 cm³/mol. The quantitative estimate of drug-likeness (QED) is 0.169. The molecule has 5 nitrogen and oxygen atoms in total. The first-order valence-electron chi connectivity index (χ1n) is 18.3. The van der Waals surface area contributed by atoms with Crippen molar-refractivity contribution >= 4 is 71.1 Å². The minimum Gasteiger partial charge on any atom is -0.310 e. The highest BCUT2D eigenvalue weighted by atomic mass is 15.0. The van der Waals surface area contributed by atoms with Crippen LogP contribution in [0, 0.1) is 17.9 Å². The zero-order chi connectivity index (χ0) is 36.6. The number of hydrogen-bond acceptors (Lipinski definition) is 1. The zero-order valence-electron chi connectivity index (χ0n) is 29.5. The van der Waals surface area contributed by atoms with Crippen LogP contribution in [0.2, 0.25) is 0 Å². The van der Waals surface area contributed by atoms with Crippen molar-refractivity contribution in [3.63, 3.8) is 0 Å². The molecule has 254 valence electrons. The summed E-state index contributed by atoms with van der Waals surface area (Å²) in [5.41, 5.74) is 12.5. The maximum Gasteiger partial charge on any atom is 0.189 e. The zero-order valence-corrected chi connectivity index (χ0v) is 29.5. The van der Waals surface area contributed by atoms with Gasteiger partial charge in [-0.2, -0.15) is 5.26 Å². The minimum atomic E-state index is 0.588. The van der Waals surface area contributed by atoms with E-state index in [0.29, 0.717) is 11.3 Å². The van der Waals surface area contributed by atoms with Gasteiger partial charge in [-0.3, -0.25) is 0 Å². The first-order chi connectivity index (χ1) is 27.2. The van der Waals surface area contributed by atoms with E-state index in [-0.39, 0.29) is 0 Å². The fraction of sp³-hybridized carbons (Fsp3) is 0. The van der Waals surface area contributed by atoms with Crippen molar-refractivity contribution in [1.82, 2.24) is 13.7 Å². The van der Waals surface area contributed by atoms with Crippen LogP contribution in [0.4, 0.5) is 5.69 Å². The molecule has 0 radical (unpaired) electrons. The SMILES string of the molecule is [C-]#[N+]c1ccc2c3ccccc3n(-c3ccccc3-c3ccc(C#N)c(-n4c5ccccc5c5c(-n6c7ccccc7c7ccccc76)cccc54)c3)c2c1. The molecule has 11 rings (SSSR count). The van der Waals surface area contributed by atoms with Gasteiger partial charge in [0.15, 0.2) is 5.69 Å². The lowest BCUT2D eigenvalue weighted by molar-refractivity contribution is 1.16. The summed E-state index contributed by atoms with van der Waals surface area (Å²) in [5, 5.41) is 17.6. The van der Waals surface area contributed by atoms with Crippen LogP contribution in [-0.4, -0.2) is 13.7 Å². The molecule has 3 heterocycles. The van der Waals surface area contributed by atoms with Gasteiger partial charge >= 0.3 is 0 Å². The maximum absolute atomic E-state index is 10.7. The molecule has 0 atom stereocenters. The predicted octanol–water partition coefficient (Wildman–Crippen LogP) is 13.1. The van der Waals surface area contributed by atoms with E-state index >= 15 is 0 Å². The van der Waals surface area contributed by atoms with Crippen molar-refractivity contribution in [2.45, 2.75) is 0 Å². The summed E-state index contributed by atoms with van der Waals surface area (Å²) in [5.74, 6) is 0. The highest BCUT2D eigenvalue weighted by Gasteiger charge is 2.22. The molecule has 0 aliphatic rings. The minimum absolute atomic E-state index is 0.588. The van der Waals surface area contributed by atoms with Gasteiger partial charge in [0.25, 0.3) is 0 Å². The van der Waals surface area contributed by atoms with Crippen LogP contribution in [0.5, 0.6) is 0 Å². The molecule has 3 aromatic heterocycles. The highest BCUT2D eigenvalue weighted by Crippen LogP contribution is 2.42. The topological polar surface area (TPSA) is 42.9 Å². The third-order valence-corrected chi connectivity index (χ3v) is 11.1. The van der Waals surface area contributed by atoms with Gasteiger partial charge in [0, 0.05) is 43.4 Å². The molecule has 0 N–H and O–H groups in total. The third-order valence-electron chi connectivity index (χ3n) is 11.1. The normalized spacial score (nSPS) is 11.6. The Morgan fingerprint density at radius 2 is 0.927 bits per heavy atom. The molecule has 0 spiro atoms. The number of hydrogen-bond donors (Lipinski definition) is 0. The fourth-order valence-corrected chi connectivity index (χ4v) is 8.81. The van der Waals surface area contributed by atoms with Gasteiger partial charge in [-0.1, -0.05) is 115 Å². The van der Waals surface area contributed by atoms with E-state index in [2.05, 4.69) is 182 Å². The smallest absolute Gasteiger partial charge is 0.189 e. The molecular weight excluding hydrogens is 671 g/mol. The summed E-state index contributed by atoms with van der Waals surface area (Å²) < 4.78 is 6.91. The Bertz CT molecular complexity index is 3420. The summed E-state index contributed by atoms with van der Waals surface area (Å²) in [7, 11) is 0. The number of para-hydroxylation sites is 5. The van der Waals surface area contributed by atoms with Crippen LogP contribution < -0.4 is 0 Å². The van der Waals surface area contributed by atoms with Gasteiger partial charge in [0.2, 0.25) is 0 Å². The van der Waals surface area contributed by atoms with E-state index in [1.165, 1.54) is 10.8 Å². The molecule has 55 heavy (non-hydrogen) atoms. The summed E-state index contributed by atoms with van der Waals surface area (Å²) in [4.78, 5) is 3.77. The second kappa shape index (κ2) is 11.8. The maximum atomic E-state index is 10.7. The molecule has 11 aromatic rings. The Balaban J connectivity index is 1.19. The summed E-state index contributed by atoms with van der Waals surface area (Å²) >= 11 is 0. The highest BCUT2D eigenvalue weighted by molar-refractivity contribution is 6.17. The summed E-state index contributed by atoms with van der Waals surface area (Å²) in [6.07, 6.45) is 0. The molecule has 5 heteroatoms. The van der Waals surface area contributed by atoms with Gasteiger partial charge in [0.1, 0.15) is 6.07 Å². The van der Waals surface area contributed by atoms with Crippen molar-refractivity contribution in [2.75, 3.05) is 0 Å². The number of aromatic nitrogens is 3. The van der Waals surface area contributed by atoms with E-state index in [4.69, 9.17) is 6.57 Å². The average Bonchev–Trinajstić information content (AvgIpc) is 3.89. The van der Waals surface area contributed by atoms with Gasteiger partial charge in [0.05, 0.1) is 56.8 Å². The first-order valence-corrected chi connectivity index (χ1v) is 18.3. The van der Waals surface area contributed by atoms with Crippen LogP contribution in [0.25, 0.3) is 98.5 Å². The van der Waals surface area contributed by atoms with Gasteiger partial charge in [-0.25, -0.2) is 4.85 Å². The van der Waals surface area contributed by atoms with Crippen LogP contribution in [-0.2, 0) is 0 Å². The monoisotopic (exact) mass is 699 g/mol.